The van der Waals surface area contributed by atoms with Crippen molar-refractivity contribution in [2.24, 2.45) is 0 Å². The molecular weight excluding hydrogens is 1040 g/mol. The van der Waals surface area contributed by atoms with Gasteiger partial charge in [-0.05, 0) is 66.3 Å². The minimum Gasteiger partial charge on any atom is -0.307 e. The van der Waals surface area contributed by atoms with Crippen LogP contribution in [0.3, 0.4) is 0 Å². The lowest BCUT2D eigenvalue weighted by Crippen LogP contribution is -2.11. The third kappa shape index (κ3) is 7.00. The van der Waals surface area contributed by atoms with E-state index in [2.05, 4.69) is 284 Å². The van der Waals surface area contributed by atoms with Gasteiger partial charge in [-0.25, -0.2) is 0 Å². The predicted octanol–water partition coefficient (Wildman–Crippen LogP) is 17.3. The van der Waals surface area contributed by atoms with Crippen molar-refractivity contribution < 1.29 is 0 Å². The highest BCUT2D eigenvalue weighted by Crippen LogP contribution is 2.44. The van der Waals surface area contributed by atoms with Crippen molar-refractivity contribution in [3.05, 3.63) is 237 Å². The van der Waals surface area contributed by atoms with Gasteiger partial charge in [-0.15, -0.1) is 8.58 Å². The summed E-state index contributed by atoms with van der Waals surface area (Å²) in [5, 5.41) is 9.13. The fourth-order valence-electron chi connectivity index (χ4n) is 11.2. The molecule has 0 amide bonds. The van der Waals surface area contributed by atoms with E-state index in [1.54, 1.807) is 0 Å². The lowest BCUT2D eigenvalue weighted by molar-refractivity contribution is 0.893. The summed E-state index contributed by atoms with van der Waals surface area (Å²) in [7, 11) is 1.13. The first-order valence-corrected chi connectivity index (χ1v) is 28.1. The van der Waals surface area contributed by atoms with Crippen molar-refractivity contribution in [2.45, 2.75) is 0 Å². The van der Waals surface area contributed by atoms with E-state index < -0.39 is 0 Å². The second-order valence-electron chi connectivity index (χ2n) is 18.5. The number of hydrogen-bond donors (Lipinski definition) is 0. The standard InChI is InChI=1S/C63H39N7.C2H6IP/c1-4-18-40(19-5-1)41-32-34-42(35-33-41)61-64-62(69-55-30-16-12-26-47(55)51-38-36-49-45-24-10-14-28-53(45)67(57(49)59(51)69)43-20-6-2-7-21-43)66-63(65-61)70-56-31-17-13-27-48(56)52-39-37-50-46-25-11-15-29-54(46)68(58(50)60(52)70)44-22-8-3-9-23-44;1-4-2-3/h1-39H;4H,2H2,1H3. The van der Waals surface area contributed by atoms with Gasteiger partial charge in [0.15, 0.2) is 5.82 Å². The summed E-state index contributed by atoms with van der Waals surface area (Å²) in [5.74, 6) is 1.62. The Labute approximate surface area is 441 Å². The molecule has 0 radical (unpaired) electrons. The number of halogens is 1. The largest absolute Gasteiger partial charge is 0.307 e. The Morgan fingerprint density at radius 1 is 0.311 bits per heavy atom. The van der Waals surface area contributed by atoms with Crippen LogP contribution in [0.2, 0.25) is 0 Å². The monoisotopic (exact) mass is 1080 g/mol. The summed E-state index contributed by atoms with van der Waals surface area (Å²) in [4.78, 5) is 16.8. The maximum Gasteiger partial charge on any atom is 0.240 e. The summed E-state index contributed by atoms with van der Waals surface area (Å²) >= 11 is 2.36. The van der Waals surface area contributed by atoms with Crippen molar-refractivity contribution in [1.29, 1.82) is 0 Å². The highest BCUT2D eigenvalue weighted by atomic mass is 127. The van der Waals surface area contributed by atoms with Crippen LogP contribution in [0.5, 0.6) is 0 Å². The fraction of sp³-hybridized carbons (Fsp3) is 0.0308. The second kappa shape index (κ2) is 18.3. The molecule has 5 aromatic heterocycles. The van der Waals surface area contributed by atoms with E-state index in [1.807, 2.05) is 0 Å². The number of nitrogens with zero attached hydrogens (tertiary/aromatic N) is 7. The van der Waals surface area contributed by atoms with Gasteiger partial charge in [0.05, 0.1) is 44.1 Å². The minimum atomic E-state index is 0.525. The topological polar surface area (TPSA) is 58.4 Å². The van der Waals surface area contributed by atoms with Gasteiger partial charge in [0.2, 0.25) is 11.9 Å². The van der Waals surface area contributed by atoms with Crippen LogP contribution in [0.15, 0.2) is 237 Å². The Morgan fingerprint density at radius 3 is 0.986 bits per heavy atom. The Bertz CT molecular complexity index is 4360. The molecule has 10 aromatic carbocycles. The molecule has 7 nitrogen and oxygen atoms in total. The van der Waals surface area contributed by atoms with Crippen molar-refractivity contribution >= 4 is 118 Å². The number of para-hydroxylation sites is 6. The molecule has 0 saturated heterocycles. The molecule has 0 saturated carbocycles. The van der Waals surface area contributed by atoms with Gasteiger partial charge in [0, 0.05) is 64.2 Å². The number of aromatic nitrogens is 7. The molecule has 0 aliphatic heterocycles. The number of rotatable bonds is 7. The van der Waals surface area contributed by atoms with E-state index >= 15 is 0 Å². The van der Waals surface area contributed by atoms with E-state index in [-0.39, 0.29) is 0 Å². The van der Waals surface area contributed by atoms with Crippen molar-refractivity contribution in [2.75, 3.05) is 10.8 Å². The molecule has 1 unspecified atom stereocenters. The molecule has 0 spiro atoms. The summed E-state index contributed by atoms with van der Waals surface area (Å²) in [6, 6.07) is 84.2. The summed E-state index contributed by atoms with van der Waals surface area (Å²) in [6.07, 6.45) is 0. The zero-order valence-electron chi connectivity index (χ0n) is 40.2. The quantitative estimate of drug-likeness (QED) is 0.0908. The molecule has 74 heavy (non-hydrogen) atoms. The molecule has 0 fully saturated rings. The Kier molecular flexibility index (Phi) is 10.9. The number of alkyl halides is 1. The lowest BCUT2D eigenvalue weighted by Gasteiger charge is -2.15. The molecule has 15 aromatic rings. The van der Waals surface area contributed by atoms with E-state index in [4.69, 9.17) is 15.0 Å². The zero-order chi connectivity index (χ0) is 49.3. The zero-order valence-corrected chi connectivity index (χ0v) is 43.4. The van der Waals surface area contributed by atoms with Crippen molar-refractivity contribution in [1.82, 2.24) is 33.2 Å². The third-order valence-corrected chi connectivity index (χ3v) is 16.9. The average molecular weight is 1080 g/mol. The van der Waals surface area contributed by atoms with Crippen LogP contribution < -0.4 is 0 Å². The molecule has 9 heteroatoms. The number of hydrogen-bond acceptors (Lipinski definition) is 3. The molecule has 0 N–H and O–H groups in total. The summed E-state index contributed by atoms with van der Waals surface area (Å²) in [6.45, 7) is 2.20. The lowest BCUT2D eigenvalue weighted by atomic mass is 10.0. The van der Waals surface area contributed by atoms with Crippen LogP contribution in [0, 0.1) is 0 Å². The molecule has 0 aliphatic carbocycles. The Morgan fingerprint density at radius 2 is 0.608 bits per heavy atom. The number of fused-ring (bicyclic) bond motifs is 14. The van der Waals surface area contributed by atoms with Gasteiger partial charge in [-0.3, -0.25) is 9.13 Å². The van der Waals surface area contributed by atoms with Gasteiger partial charge >= 0.3 is 0 Å². The first-order chi connectivity index (χ1) is 36.7. The molecule has 0 bridgehead atoms. The molecule has 1 atom stereocenters. The van der Waals surface area contributed by atoms with Crippen LogP contribution in [-0.2, 0) is 0 Å². The van der Waals surface area contributed by atoms with Gasteiger partial charge in [0.1, 0.15) is 0 Å². The van der Waals surface area contributed by atoms with Crippen LogP contribution in [0.25, 0.3) is 133 Å². The Hall–Kier alpha value is -8.43. The molecular formula is C65H45IN7P. The molecule has 352 valence electrons. The third-order valence-electron chi connectivity index (χ3n) is 14.4. The summed E-state index contributed by atoms with van der Waals surface area (Å²) in [5.41, 5.74) is 13.8. The molecule has 15 rings (SSSR count). The molecule has 0 aliphatic rings. The SMILES string of the molecule is CPCI.c1ccc(-c2ccc(-c3nc(-n4c5ccccc5c5ccc6c7ccccc7n(-c7ccccc7)c6c54)nc(-n4c5ccccc5c5ccc6c7ccccc7n(-c7ccccc7)c6c54)n3)cc2)cc1. The first-order valence-electron chi connectivity index (χ1n) is 24.8. The smallest absolute Gasteiger partial charge is 0.240 e. The average Bonchev–Trinajstić information content (AvgIpc) is 4.29. The van der Waals surface area contributed by atoms with E-state index in [9.17, 15) is 0 Å². The Balaban J connectivity index is 0.00000122. The number of benzene rings is 10. The fourth-order valence-corrected chi connectivity index (χ4v) is 11.2. The van der Waals surface area contributed by atoms with E-state index in [0.29, 0.717) is 17.7 Å². The predicted molar refractivity (Wildman–Crippen MR) is 321 cm³/mol. The van der Waals surface area contributed by atoms with E-state index in [1.165, 1.54) is 14.9 Å². The normalized spacial score (nSPS) is 11.9. The first kappa shape index (κ1) is 44.3. The highest BCUT2D eigenvalue weighted by molar-refractivity contribution is 14.1. The summed E-state index contributed by atoms with van der Waals surface area (Å²) < 4.78 is 10.7. The van der Waals surface area contributed by atoms with Crippen molar-refractivity contribution in [3.63, 3.8) is 0 Å². The maximum absolute atomic E-state index is 5.72. The van der Waals surface area contributed by atoms with Crippen LogP contribution in [-0.4, -0.2) is 44.1 Å². The van der Waals surface area contributed by atoms with Crippen LogP contribution >= 0.6 is 31.2 Å². The maximum atomic E-state index is 5.72. The van der Waals surface area contributed by atoms with Gasteiger partial charge < -0.3 is 9.13 Å². The van der Waals surface area contributed by atoms with Gasteiger partial charge in [0.25, 0.3) is 0 Å². The van der Waals surface area contributed by atoms with Gasteiger partial charge in [-0.1, -0.05) is 211 Å². The van der Waals surface area contributed by atoms with Crippen LogP contribution in [0.4, 0.5) is 0 Å². The van der Waals surface area contributed by atoms with Gasteiger partial charge in [-0.2, -0.15) is 15.0 Å². The van der Waals surface area contributed by atoms with E-state index in [0.717, 1.165) is 113 Å². The molecule has 5 heterocycles. The van der Waals surface area contributed by atoms with Crippen molar-refractivity contribution in [3.8, 4) is 45.8 Å². The minimum absolute atomic E-state index is 0.525. The second-order valence-corrected chi connectivity index (χ2v) is 21.7. The van der Waals surface area contributed by atoms with Crippen LogP contribution in [0.1, 0.15) is 0 Å². The highest BCUT2D eigenvalue weighted by Gasteiger charge is 2.26.